The lowest BCUT2D eigenvalue weighted by atomic mass is 10.1. The number of aryl methyl sites for hydroxylation is 1. The van der Waals surface area contributed by atoms with E-state index >= 15 is 0 Å². The zero-order valence-corrected chi connectivity index (χ0v) is 10.7. The first-order chi connectivity index (χ1) is 7.76. The molecule has 0 aliphatic carbocycles. The standard InChI is InChI=1S/C13H25N3/c1-3-5-6-7-8-16-10-13(15-11-16)9-12(14)4-2/h10-12H,3-9,14H2,1-2H3. The van der Waals surface area contributed by atoms with E-state index in [2.05, 4.69) is 29.6 Å². The molecule has 0 spiro atoms. The molecule has 0 saturated heterocycles. The van der Waals surface area contributed by atoms with Crippen molar-refractivity contribution in [3.05, 3.63) is 18.2 Å². The Balaban J connectivity index is 2.28. The topological polar surface area (TPSA) is 43.8 Å². The summed E-state index contributed by atoms with van der Waals surface area (Å²) in [7, 11) is 0. The molecule has 1 aromatic rings. The molecule has 0 radical (unpaired) electrons. The highest BCUT2D eigenvalue weighted by Gasteiger charge is 2.04. The Morgan fingerprint density at radius 2 is 2.12 bits per heavy atom. The Bertz CT molecular complexity index is 280. The van der Waals surface area contributed by atoms with Crippen molar-refractivity contribution in [3.63, 3.8) is 0 Å². The van der Waals surface area contributed by atoms with E-state index in [1.165, 1.54) is 25.7 Å². The average molecular weight is 223 g/mol. The van der Waals surface area contributed by atoms with E-state index < -0.39 is 0 Å². The SMILES string of the molecule is CCCCCCn1cnc(CC(N)CC)c1. The van der Waals surface area contributed by atoms with Gasteiger partial charge in [-0.15, -0.1) is 0 Å². The third-order valence-electron chi connectivity index (χ3n) is 2.95. The second-order valence-corrected chi connectivity index (χ2v) is 4.54. The first-order valence-electron chi connectivity index (χ1n) is 6.52. The predicted octanol–water partition coefficient (Wildman–Crippen LogP) is 2.74. The number of nitrogens with zero attached hydrogens (tertiary/aromatic N) is 2. The van der Waals surface area contributed by atoms with Gasteiger partial charge in [0.2, 0.25) is 0 Å². The van der Waals surface area contributed by atoms with Crippen molar-refractivity contribution < 1.29 is 0 Å². The van der Waals surface area contributed by atoms with E-state index in [9.17, 15) is 0 Å². The maximum atomic E-state index is 5.90. The van der Waals surface area contributed by atoms with E-state index in [0.717, 1.165) is 25.1 Å². The highest BCUT2D eigenvalue weighted by molar-refractivity contribution is 4.99. The molecule has 1 atom stereocenters. The van der Waals surface area contributed by atoms with Crippen molar-refractivity contribution in [3.8, 4) is 0 Å². The van der Waals surface area contributed by atoms with E-state index in [-0.39, 0.29) is 6.04 Å². The number of imidazole rings is 1. The average Bonchev–Trinajstić information content (AvgIpc) is 2.72. The van der Waals surface area contributed by atoms with Crippen LogP contribution in [0.5, 0.6) is 0 Å². The van der Waals surface area contributed by atoms with Crippen molar-refractivity contribution in [1.29, 1.82) is 0 Å². The summed E-state index contributed by atoms with van der Waals surface area (Å²) in [4.78, 5) is 4.39. The minimum atomic E-state index is 0.253. The van der Waals surface area contributed by atoms with Crippen LogP contribution in [-0.4, -0.2) is 15.6 Å². The molecule has 2 N–H and O–H groups in total. The number of rotatable bonds is 8. The first kappa shape index (κ1) is 13.2. The van der Waals surface area contributed by atoms with Crippen molar-refractivity contribution >= 4 is 0 Å². The largest absolute Gasteiger partial charge is 0.337 e. The van der Waals surface area contributed by atoms with Gasteiger partial charge in [0.15, 0.2) is 0 Å². The zero-order chi connectivity index (χ0) is 11.8. The van der Waals surface area contributed by atoms with Crippen LogP contribution in [0.2, 0.25) is 0 Å². The van der Waals surface area contributed by atoms with Crippen LogP contribution in [0.4, 0.5) is 0 Å². The summed E-state index contributed by atoms with van der Waals surface area (Å²) >= 11 is 0. The molecule has 0 bridgehead atoms. The molecule has 0 fully saturated rings. The molecule has 16 heavy (non-hydrogen) atoms. The number of nitrogens with two attached hydrogens (primary N) is 1. The molecular weight excluding hydrogens is 198 g/mol. The quantitative estimate of drug-likeness (QED) is 0.689. The molecule has 1 aromatic heterocycles. The Labute approximate surface area is 99.1 Å². The fraction of sp³-hybridized carbons (Fsp3) is 0.769. The van der Waals surface area contributed by atoms with Crippen LogP contribution >= 0.6 is 0 Å². The molecular formula is C13H25N3. The molecule has 0 aliphatic rings. The normalized spacial score (nSPS) is 12.9. The van der Waals surface area contributed by atoms with E-state index in [1.54, 1.807) is 0 Å². The van der Waals surface area contributed by atoms with Gasteiger partial charge in [-0.05, 0) is 12.8 Å². The second kappa shape index (κ2) is 7.44. The minimum absolute atomic E-state index is 0.253. The summed E-state index contributed by atoms with van der Waals surface area (Å²) in [6.45, 7) is 5.45. The lowest BCUT2D eigenvalue weighted by molar-refractivity contribution is 0.581. The van der Waals surface area contributed by atoms with Gasteiger partial charge in [-0.3, -0.25) is 0 Å². The smallest absolute Gasteiger partial charge is 0.0949 e. The highest BCUT2D eigenvalue weighted by Crippen LogP contribution is 2.05. The molecule has 92 valence electrons. The van der Waals surface area contributed by atoms with Crippen molar-refractivity contribution in [2.75, 3.05) is 0 Å². The van der Waals surface area contributed by atoms with Gasteiger partial charge in [-0.25, -0.2) is 4.98 Å². The van der Waals surface area contributed by atoms with Crippen LogP contribution in [0.3, 0.4) is 0 Å². The van der Waals surface area contributed by atoms with Crippen LogP contribution in [0, 0.1) is 0 Å². The fourth-order valence-corrected chi connectivity index (χ4v) is 1.77. The summed E-state index contributed by atoms with van der Waals surface area (Å²) in [5, 5.41) is 0. The Hall–Kier alpha value is -0.830. The number of hydrogen-bond acceptors (Lipinski definition) is 2. The van der Waals surface area contributed by atoms with Crippen LogP contribution in [0.25, 0.3) is 0 Å². The van der Waals surface area contributed by atoms with Crippen LogP contribution in [0.15, 0.2) is 12.5 Å². The fourth-order valence-electron chi connectivity index (χ4n) is 1.77. The Morgan fingerprint density at radius 3 is 2.81 bits per heavy atom. The molecule has 1 unspecified atom stereocenters. The van der Waals surface area contributed by atoms with Crippen LogP contribution in [-0.2, 0) is 13.0 Å². The summed E-state index contributed by atoms with van der Waals surface area (Å²) < 4.78 is 2.19. The number of unbranched alkanes of at least 4 members (excludes halogenated alkanes) is 3. The third-order valence-corrected chi connectivity index (χ3v) is 2.95. The lowest BCUT2D eigenvalue weighted by Gasteiger charge is -2.05. The monoisotopic (exact) mass is 223 g/mol. The maximum absolute atomic E-state index is 5.90. The molecule has 0 saturated carbocycles. The van der Waals surface area contributed by atoms with Gasteiger partial charge in [0.05, 0.1) is 12.0 Å². The summed E-state index contributed by atoms with van der Waals surface area (Å²) in [6.07, 6.45) is 11.2. The zero-order valence-electron chi connectivity index (χ0n) is 10.7. The van der Waals surface area contributed by atoms with Crippen molar-refractivity contribution in [1.82, 2.24) is 9.55 Å². The van der Waals surface area contributed by atoms with Crippen molar-refractivity contribution in [2.24, 2.45) is 5.73 Å². The lowest BCUT2D eigenvalue weighted by Crippen LogP contribution is -2.21. The van der Waals surface area contributed by atoms with Gasteiger partial charge in [-0.2, -0.15) is 0 Å². The maximum Gasteiger partial charge on any atom is 0.0949 e. The second-order valence-electron chi connectivity index (χ2n) is 4.54. The number of hydrogen-bond donors (Lipinski definition) is 1. The van der Waals surface area contributed by atoms with Crippen LogP contribution in [0.1, 0.15) is 51.6 Å². The molecule has 3 nitrogen and oxygen atoms in total. The van der Waals surface area contributed by atoms with Gasteiger partial charge in [0, 0.05) is 25.2 Å². The van der Waals surface area contributed by atoms with Gasteiger partial charge in [-0.1, -0.05) is 33.1 Å². The Kier molecular flexibility index (Phi) is 6.16. The van der Waals surface area contributed by atoms with Gasteiger partial charge >= 0.3 is 0 Å². The number of aromatic nitrogens is 2. The molecule has 1 rings (SSSR count). The third kappa shape index (κ3) is 4.79. The van der Waals surface area contributed by atoms with Crippen LogP contribution < -0.4 is 5.73 Å². The molecule has 0 amide bonds. The summed E-state index contributed by atoms with van der Waals surface area (Å²) in [6, 6.07) is 0.253. The molecule has 0 aliphatic heterocycles. The van der Waals surface area contributed by atoms with Gasteiger partial charge in [0.25, 0.3) is 0 Å². The molecule has 0 aromatic carbocycles. The van der Waals surface area contributed by atoms with E-state index in [0.29, 0.717) is 0 Å². The summed E-state index contributed by atoms with van der Waals surface area (Å²) in [5.41, 5.74) is 7.03. The van der Waals surface area contributed by atoms with Gasteiger partial charge in [0.1, 0.15) is 0 Å². The van der Waals surface area contributed by atoms with Crippen molar-refractivity contribution in [2.45, 2.75) is 65.0 Å². The molecule has 3 heteroatoms. The predicted molar refractivity (Wildman–Crippen MR) is 68.3 cm³/mol. The molecule has 1 heterocycles. The highest BCUT2D eigenvalue weighted by atomic mass is 15.0. The Morgan fingerprint density at radius 1 is 1.31 bits per heavy atom. The van der Waals surface area contributed by atoms with Gasteiger partial charge < -0.3 is 10.3 Å². The van der Waals surface area contributed by atoms with E-state index in [4.69, 9.17) is 5.73 Å². The minimum Gasteiger partial charge on any atom is -0.337 e. The summed E-state index contributed by atoms with van der Waals surface area (Å²) in [5.74, 6) is 0. The first-order valence-corrected chi connectivity index (χ1v) is 6.52. The van der Waals surface area contributed by atoms with E-state index in [1.807, 2.05) is 6.33 Å².